The predicted molar refractivity (Wildman–Crippen MR) is 69.4 cm³/mol. The Morgan fingerprint density at radius 2 is 1.95 bits per heavy atom. The molecule has 6 heteroatoms. The highest BCUT2D eigenvalue weighted by atomic mass is 19.1. The van der Waals surface area contributed by atoms with Crippen molar-refractivity contribution in [3.63, 3.8) is 0 Å². The number of halogens is 2. The summed E-state index contributed by atoms with van der Waals surface area (Å²) >= 11 is 0. The Morgan fingerprint density at radius 3 is 2.50 bits per heavy atom. The number of benzene rings is 1. The molecule has 0 heterocycles. The number of carboxylic acids is 1. The van der Waals surface area contributed by atoms with Crippen LogP contribution >= 0.6 is 0 Å². The lowest BCUT2D eigenvalue weighted by atomic mass is 10.1. The number of carbonyl (C=O) groups is 2. The van der Waals surface area contributed by atoms with E-state index in [0.29, 0.717) is 0 Å². The largest absolute Gasteiger partial charge is 0.481 e. The van der Waals surface area contributed by atoms with Crippen LogP contribution in [-0.4, -0.2) is 35.0 Å². The van der Waals surface area contributed by atoms with Crippen LogP contribution in [0.5, 0.6) is 0 Å². The average molecular weight is 285 g/mol. The van der Waals surface area contributed by atoms with Gasteiger partial charge in [-0.15, -0.1) is 0 Å². The molecule has 1 aromatic rings. The number of rotatable bonds is 6. The summed E-state index contributed by atoms with van der Waals surface area (Å²) in [6.07, 6.45) is -0.241. The summed E-state index contributed by atoms with van der Waals surface area (Å²) in [6.45, 7) is 3.94. The summed E-state index contributed by atoms with van der Waals surface area (Å²) in [7, 11) is 0. The summed E-state index contributed by atoms with van der Waals surface area (Å²) < 4.78 is 26.7. The monoisotopic (exact) mass is 285 g/mol. The van der Waals surface area contributed by atoms with Gasteiger partial charge in [-0.1, -0.05) is 13.8 Å². The van der Waals surface area contributed by atoms with Gasteiger partial charge in [0.25, 0.3) is 5.91 Å². The first-order valence-corrected chi connectivity index (χ1v) is 6.27. The van der Waals surface area contributed by atoms with E-state index >= 15 is 0 Å². The molecule has 0 spiro atoms. The van der Waals surface area contributed by atoms with Crippen molar-refractivity contribution in [3.8, 4) is 0 Å². The molecule has 0 saturated carbocycles. The fraction of sp³-hybridized carbons (Fsp3) is 0.429. The Bertz CT molecular complexity index is 503. The molecule has 1 rings (SSSR count). The topological polar surface area (TPSA) is 57.6 Å². The van der Waals surface area contributed by atoms with Crippen LogP contribution in [0.1, 0.15) is 30.6 Å². The van der Waals surface area contributed by atoms with Gasteiger partial charge in [0.1, 0.15) is 11.6 Å². The average Bonchev–Trinajstić information content (AvgIpc) is 2.36. The van der Waals surface area contributed by atoms with Crippen LogP contribution in [0.3, 0.4) is 0 Å². The molecule has 1 aromatic carbocycles. The molecule has 0 bridgehead atoms. The van der Waals surface area contributed by atoms with Gasteiger partial charge in [-0.05, 0) is 24.1 Å². The summed E-state index contributed by atoms with van der Waals surface area (Å²) in [5, 5.41) is 8.68. The van der Waals surface area contributed by atoms with E-state index in [4.69, 9.17) is 5.11 Å². The minimum atomic E-state index is -1.05. The summed E-state index contributed by atoms with van der Waals surface area (Å²) in [5.41, 5.74) is -0.379. The van der Waals surface area contributed by atoms with Crippen molar-refractivity contribution in [1.29, 1.82) is 0 Å². The molecule has 1 amide bonds. The van der Waals surface area contributed by atoms with Crippen molar-refractivity contribution in [2.45, 2.75) is 20.3 Å². The maximum Gasteiger partial charge on any atom is 0.305 e. The van der Waals surface area contributed by atoms with Crippen molar-refractivity contribution in [3.05, 3.63) is 35.4 Å². The van der Waals surface area contributed by atoms with Gasteiger partial charge in [-0.25, -0.2) is 8.78 Å². The molecule has 0 aliphatic carbocycles. The van der Waals surface area contributed by atoms with E-state index in [1.165, 1.54) is 4.90 Å². The van der Waals surface area contributed by atoms with Crippen LogP contribution in [0.25, 0.3) is 0 Å². The smallest absolute Gasteiger partial charge is 0.305 e. The van der Waals surface area contributed by atoms with Crippen molar-refractivity contribution < 1.29 is 23.5 Å². The number of carboxylic acid groups (broad SMARTS) is 1. The molecule has 0 saturated heterocycles. The highest BCUT2D eigenvalue weighted by Gasteiger charge is 2.21. The third kappa shape index (κ3) is 4.60. The number of hydrogen-bond acceptors (Lipinski definition) is 2. The predicted octanol–water partition coefficient (Wildman–Crippen LogP) is 2.54. The lowest BCUT2D eigenvalue weighted by molar-refractivity contribution is -0.137. The van der Waals surface area contributed by atoms with Crippen LogP contribution in [0.4, 0.5) is 8.78 Å². The van der Waals surface area contributed by atoms with Crippen LogP contribution < -0.4 is 0 Å². The zero-order chi connectivity index (χ0) is 15.3. The van der Waals surface area contributed by atoms with E-state index in [2.05, 4.69) is 0 Å². The van der Waals surface area contributed by atoms with Crippen LogP contribution in [-0.2, 0) is 4.79 Å². The van der Waals surface area contributed by atoms with Gasteiger partial charge in [0.05, 0.1) is 12.0 Å². The van der Waals surface area contributed by atoms with Gasteiger partial charge in [0.2, 0.25) is 0 Å². The Morgan fingerprint density at radius 1 is 1.30 bits per heavy atom. The van der Waals surface area contributed by atoms with Crippen molar-refractivity contribution in [1.82, 2.24) is 4.90 Å². The molecule has 1 N–H and O–H groups in total. The Balaban J connectivity index is 2.96. The van der Waals surface area contributed by atoms with Crippen molar-refractivity contribution in [2.24, 2.45) is 5.92 Å². The van der Waals surface area contributed by atoms with E-state index in [-0.39, 0.29) is 31.0 Å². The SMILES string of the molecule is CC(C)CN(CCC(=O)O)C(=O)c1cc(F)ccc1F. The molecule has 0 fully saturated rings. The first-order valence-electron chi connectivity index (χ1n) is 6.27. The van der Waals surface area contributed by atoms with Gasteiger partial charge in [0, 0.05) is 13.1 Å². The molecule has 110 valence electrons. The molecule has 0 unspecified atom stereocenters. The van der Waals surface area contributed by atoms with Gasteiger partial charge in [-0.3, -0.25) is 9.59 Å². The molecule has 0 aliphatic heterocycles. The highest BCUT2D eigenvalue weighted by Crippen LogP contribution is 2.14. The Kier molecular flexibility index (Phi) is 5.61. The fourth-order valence-electron chi connectivity index (χ4n) is 1.78. The quantitative estimate of drug-likeness (QED) is 0.873. The molecular formula is C14H17F2NO3. The Hall–Kier alpha value is -1.98. The standard InChI is InChI=1S/C14H17F2NO3/c1-9(2)8-17(6-5-13(18)19)14(20)11-7-10(15)3-4-12(11)16/h3-4,7,9H,5-6,8H2,1-2H3,(H,18,19). The molecule has 0 aromatic heterocycles. The molecule has 4 nitrogen and oxygen atoms in total. The minimum absolute atomic E-state index is 0.0394. The van der Waals surface area contributed by atoms with Crippen LogP contribution in [0.15, 0.2) is 18.2 Å². The number of amides is 1. The van der Waals surface area contributed by atoms with Crippen molar-refractivity contribution >= 4 is 11.9 Å². The second-order valence-electron chi connectivity index (χ2n) is 4.91. The van der Waals surface area contributed by atoms with E-state index in [1.807, 2.05) is 13.8 Å². The molecule has 20 heavy (non-hydrogen) atoms. The van der Waals surface area contributed by atoms with Gasteiger partial charge in [-0.2, -0.15) is 0 Å². The van der Waals surface area contributed by atoms with Crippen LogP contribution in [0.2, 0.25) is 0 Å². The maximum atomic E-state index is 13.6. The van der Waals surface area contributed by atoms with E-state index < -0.39 is 23.5 Å². The third-order valence-corrected chi connectivity index (χ3v) is 2.63. The van der Waals surface area contributed by atoms with E-state index in [9.17, 15) is 18.4 Å². The highest BCUT2D eigenvalue weighted by molar-refractivity contribution is 5.94. The summed E-state index contributed by atoms with van der Waals surface area (Å²) in [5.74, 6) is -3.19. The zero-order valence-electron chi connectivity index (χ0n) is 11.4. The third-order valence-electron chi connectivity index (χ3n) is 2.63. The number of nitrogens with zero attached hydrogens (tertiary/aromatic N) is 1. The number of carbonyl (C=O) groups excluding carboxylic acids is 1. The van der Waals surface area contributed by atoms with Gasteiger partial charge < -0.3 is 10.0 Å². The maximum absolute atomic E-state index is 13.6. The molecule has 0 aliphatic rings. The fourth-order valence-corrected chi connectivity index (χ4v) is 1.78. The zero-order valence-corrected chi connectivity index (χ0v) is 11.4. The first kappa shape index (κ1) is 16.1. The molecular weight excluding hydrogens is 268 g/mol. The second-order valence-corrected chi connectivity index (χ2v) is 4.91. The van der Waals surface area contributed by atoms with Gasteiger partial charge in [0.15, 0.2) is 0 Å². The molecule has 0 atom stereocenters. The van der Waals surface area contributed by atoms with E-state index in [0.717, 1.165) is 18.2 Å². The summed E-state index contributed by atoms with van der Waals surface area (Å²) in [4.78, 5) is 24.0. The normalized spacial score (nSPS) is 10.7. The first-order chi connectivity index (χ1) is 9.31. The van der Waals surface area contributed by atoms with Crippen molar-refractivity contribution in [2.75, 3.05) is 13.1 Å². The van der Waals surface area contributed by atoms with E-state index in [1.54, 1.807) is 0 Å². The second kappa shape index (κ2) is 6.98. The molecule has 0 radical (unpaired) electrons. The lowest BCUT2D eigenvalue weighted by Gasteiger charge is -2.24. The number of aliphatic carboxylic acids is 1. The van der Waals surface area contributed by atoms with Crippen LogP contribution in [0, 0.1) is 17.6 Å². The minimum Gasteiger partial charge on any atom is -0.481 e. The Labute approximate surface area is 116 Å². The summed E-state index contributed by atoms with van der Waals surface area (Å²) in [6, 6.07) is 2.63. The van der Waals surface area contributed by atoms with Gasteiger partial charge >= 0.3 is 5.97 Å². The lowest BCUT2D eigenvalue weighted by Crippen LogP contribution is -2.36. The number of hydrogen-bond donors (Lipinski definition) is 1.